The molecule has 2 aromatic heterocycles. The smallest absolute Gasteiger partial charge is 0.136 e. The lowest BCUT2D eigenvalue weighted by Crippen LogP contribution is -1.84. The highest BCUT2D eigenvalue weighted by molar-refractivity contribution is 6.14. The molecule has 5 rings (SSSR count). The van der Waals surface area contributed by atoms with E-state index in [-0.39, 0.29) is 0 Å². The maximum absolute atomic E-state index is 6.19. The highest BCUT2D eigenvalue weighted by atomic mass is 16.3. The summed E-state index contributed by atoms with van der Waals surface area (Å²) in [6.45, 7) is 8.81. The molecule has 0 aliphatic heterocycles. The van der Waals surface area contributed by atoms with Crippen LogP contribution < -0.4 is 0 Å². The first-order chi connectivity index (χ1) is 12.5. The molecule has 0 spiro atoms. The van der Waals surface area contributed by atoms with Crippen molar-refractivity contribution >= 4 is 43.9 Å². The van der Waals surface area contributed by atoms with Gasteiger partial charge in [0, 0.05) is 21.5 Å². The van der Waals surface area contributed by atoms with E-state index in [0.717, 1.165) is 43.9 Å². The highest BCUT2D eigenvalue weighted by Crippen LogP contribution is 2.38. The summed E-state index contributed by atoms with van der Waals surface area (Å²) in [5.41, 5.74) is 6.34. The summed E-state index contributed by atoms with van der Waals surface area (Å²) in [4.78, 5) is 0. The Morgan fingerprint density at radius 1 is 0.500 bits per heavy atom. The van der Waals surface area contributed by atoms with Crippen molar-refractivity contribution in [2.75, 3.05) is 0 Å². The summed E-state index contributed by atoms with van der Waals surface area (Å²) in [6.07, 6.45) is 0. The summed E-state index contributed by atoms with van der Waals surface area (Å²) in [5, 5.41) is 4.53. The van der Waals surface area contributed by atoms with E-state index in [2.05, 4.69) is 76.2 Å². The number of rotatable bonds is 2. The van der Waals surface area contributed by atoms with E-state index >= 15 is 0 Å². The Balaban J connectivity index is 1.80. The Kier molecular flexibility index (Phi) is 3.21. The first-order valence-corrected chi connectivity index (χ1v) is 9.33. The zero-order chi connectivity index (χ0) is 18.0. The van der Waals surface area contributed by atoms with Crippen molar-refractivity contribution < 1.29 is 8.83 Å². The minimum atomic E-state index is 0.489. The van der Waals surface area contributed by atoms with Gasteiger partial charge in [-0.2, -0.15) is 0 Å². The number of hydrogen-bond acceptors (Lipinski definition) is 2. The topological polar surface area (TPSA) is 26.3 Å². The zero-order valence-corrected chi connectivity index (χ0v) is 15.6. The van der Waals surface area contributed by atoms with Crippen LogP contribution in [0.15, 0.2) is 57.4 Å². The van der Waals surface area contributed by atoms with E-state index in [1.54, 1.807) is 0 Å². The monoisotopic (exact) mass is 342 g/mol. The average Bonchev–Trinajstić information content (AvgIpc) is 3.15. The standard InChI is InChI=1S/C24H22O2/c1-13(2)15-5-7-17-19-11-24-20(12-23(19)25-21(17)9-15)18-8-6-16(14(3)4)10-22(18)26-24/h5-14H,1-4H3. The predicted octanol–water partition coefficient (Wildman–Crippen LogP) is 7.73. The third-order valence-corrected chi connectivity index (χ3v) is 5.45. The first-order valence-electron chi connectivity index (χ1n) is 9.33. The molecule has 2 heterocycles. The predicted molar refractivity (Wildman–Crippen MR) is 109 cm³/mol. The molecule has 130 valence electrons. The summed E-state index contributed by atoms with van der Waals surface area (Å²) >= 11 is 0. The van der Waals surface area contributed by atoms with Crippen LogP contribution in [0.5, 0.6) is 0 Å². The van der Waals surface area contributed by atoms with E-state index < -0.39 is 0 Å². The van der Waals surface area contributed by atoms with Crippen molar-refractivity contribution in [2.24, 2.45) is 0 Å². The molecule has 0 bridgehead atoms. The molecule has 2 heteroatoms. The van der Waals surface area contributed by atoms with Crippen LogP contribution in [0.2, 0.25) is 0 Å². The molecule has 0 amide bonds. The van der Waals surface area contributed by atoms with Gasteiger partial charge < -0.3 is 8.83 Å². The van der Waals surface area contributed by atoms with Crippen LogP contribution in [0.4, 0.5) is 0 Å². The van der Waals surface area contributed by atoms with Crippen molar-refractivity contribution in [1.29, 1.82) is 0 Å². The number of benzene rings is 3. The third kappa shape index (κ3) is 2.18. The van der Waals surface area contributed by atoms with E-state index in [4.69, 9.17) is 8.83 Å². The molecular formula is C24H22O2. The van der Waals surface area contributed by atoms with Crippen LogP contribution in [-0.2, 0) is 0 Å². The van der Waals surface area contributed by atoms with Gasteiger partial charge in [0.2, 0.25) is 0 Å². The molecule has 0 N–H and O–H groups in total. The number of fused-ring (bicyclic) bond motifs is 6. The van der Waals surface area contributed by atoms with Crippen LogP contribution in [0.1, 0.15) is 50.7 Å². The minimum absolute atomic E-state index is 0.489. The molecule has 2 nitrogen and oxygen atoms in total. The maximum atomic E-state index is 6.19. The Morgan fingerprint density at radius 2 is 0.885 bits per heavy atom. The van der Waals surface area contributed by atoms with Crippen molar-refractivity contribution in [3.05, 3.63) is 59.7 Å². The summed E-state index contributed by atoms with van der Waals surface area (Å²) < 4.78 is 12.4. The van der Waals surface area contributed by atoms with Crippen molar-refractivity contribution in [3.63, 3.8) is 0 Å². The molecule has 0 aliphatic carbocycles. The first kappa shape index (κ1) is 15.5. The second-order valence-corrected chi connectivity index (χ2v) is 7.87. The van der Waals surface area contributed by atoms with Gasteiger partial charge in [0.1, 0.15) is 22.3 Å². The van der Waals surface area contributed by atoms with Gasteiger partial charge in [0.15, 0.2) is 0 Å². The molecule has 0 saturated carbocycles. The van der Waals surface area contributed by atoms with E-state index in [1.807, 2.05) is 0 Å². The lowest BCUT2D eigenvalue weighted by Gasteiger charge is -2.03. The van der Waals surface area contributed by atoms with Crippen LogP contribution in [0.3, 0.4) is 0 Å². The molecule has 0 unspecified atom stereocenters. The molecule has 0 saturated heterocycles. The van der Waals surface area contributed by atoms with Crippen LogP contribution in [0.25, 0.3) is 43.9 Å². The van der Waals surface area contributed by atoms with Crippen LogP contribution in [0, 0.1) is 0 Å². The van der Waals surface area contributed by atoms with Gasteiger partial charge >= 0.3 is 0 Å². The van der Waals surface area contributed by atoms with Crippen molar-refractivity contribution in [2.45, 2.75) is 39.5 Å². The van der Waals surface area contributed by atoms with Gasteiger partial charge in [0.25, 0.3) is 0 Å². The van der Waals surface area contributed by atoms with Crippen molar-refractivity contribution in [3.8, 4) is 0 Å². The van der Waals surface area contributed by atoms with Gasteiger partial charge in [-0.3, -0.25) is 0 Å². The Labute approximate surface area is 152 Å². The van der Waals surface area contributed by atoms with Gasteiger partial charge in [-0.1, -0.05) is 52.0 Å². The number of hydrogen-bond donors (Lipinski definition) is 0. The van der Waals surface area contributed by atoms with Crippen LogP contribution in [-0.4, -0.2) is 0 Å². The summed E-state index contributed by atoms with van der Waals surface area (Å²) in [5.74, 6) is 0.978. The minimum Gasteiger partial charge on any atom is -0.456 e. The fourth-order valence-corrected chi connectivity index (χ4v) is 3.80. The lowest BCUT2D eigenvalue weighted by molar-refractivity contribution is 0.662. The van der Waals surface area contributed by atoms with E-state index in [0.29, 0.717) is 11.8 Å². The van der Waals surface area contributed by atoms with Gasteiger partial charge in [-0.25, -0.2) is 0 Å². The fourth-order valence-electron chi connectivity index (χ4n) is 3.80. The highest BCUT2D eigenvalue weighted by Gasteiger charge is 2.14. The fraction of sp³-hybridized carbons (Fsp3) is 0.250. The van der Waals surface area contributed by atoms with Crippen molar-refractivity contribution in [1.82, 2.24) is 0 Å². The molecule has 26 heavy (non-hydrogen) atoms. The second kappa shape index (κ2) is 5.38. The largest absolute Gasteiger partial charge is 0.456 e. The molecule has 3 aromatic carbocycles. The molecule has 0 aliphatic rings. The quantitative estimate of drug-likeness (QED) is 0.328. The third-order valence-electron chi connectivity index (χ3n) is 5.45. The summed E-state index contributed by atoms with van der Waals surface area (Å²) in [6, 6.07) is 17.3. The summed E-state index contributed by atoms with van der Waals surface area (Å²) in [7, 11) is 0. The molecular weight excluding hydrogens is 320 g/mol. The van der Waals surface area contributed by atoms with Crippen LogP contribution >= 0.6 is 0 Å². The molecule has 0 radical (unpaired) electrons. The lowest BCUT2D eigenvalue weighted by atomic mass is 10.0. The molecule has 0 fully saturated rings. The normalized spacial score (nSPS) is 12.5. The van der Waals surface area contributed by atoms with Gasteiger partial charge in [-0.05, 0) is 47.2 Å². The average molecular weight is 342 g/mol. The SMILES string of the molecule is CC(C)c1ccc2c(c1)oc1cc3c(cc12)oc1cc(C(C)C)ccc13. The Bertz CT molecular complexity index is 1180. The Morgan fingerprint density at radius 3 is 1.27 bits per heavy atom. The van der Waals surface area contributed by atoms with Gasteiger partial charge in [-0.15, -0.1) is 0 Å². The van der Waals surface area contributed by atoms with E-state index in [1.165, 1.54) is 11.1 Å². The van der Waals surface area contributed by atoms with Gasteiger partial charge in [0.05, 0.1) is 0 Å². The second-order valence-electron chi connectivity index (χ2n) is 7.87. The number of furan rings is 2. The van der Waals surface area contributed by atoms with E-state index in [9.17, 15) is 0 Å². The Hall–Kier alpha value is -2.74. The zero-order valence-electron chi connectivity index (χ0n) is 15.6. The maximum Gasteiger partial charge on any atom is 0.136 e. The molecule has 0 atom stereocenters. The molecule has 5 aromatic rings.